The number of hydrogen-bond acceptors (Lipinski definition) is 3. The predicted molar refractivity (Wildman–Crippen MR) is 136 cm³/mol. The van der Waals surface area contributed by atoms with Gasteiger partial charge >= 0.3 is 0 Å². The molecule has 0 aliphatic carbocycles. The zero-order valence-electron chi connectivity index (χ0n) is 18.0. The lowest BCUT2D eigenvalue weighted by molar-refractivity contribution is 0.439. The SMILES string of the molecule is Cc1cc(C)cc(N2C(=S)NC(c3ccccn3)C2c2ccc(-c3ccc(F)cc3Br)o2)c1. The van der Waals surface area contributed by atoms with Gasteiger partial charge in [0.1, 0.15) is 23.4 Å². The fourth-order valence-corrected chi connectivity index (χ4v) is 5.25. The Morgan fingerprint density at radius 1 is 1.03 bits per heavy atom. The highest BCUT2D eigenvalue weighted by molar-refractivity contribution is 9.10. The molecule has 4 aromatic rings. The molecule has 33 heavy (non-hydrogen) atoms. The number of thiocarbonyl (C=S) groups is 1. The molecule has 0 spiro atoms. The van der Waals surface area contributed by atoms with Crippen LogP contribution in [0.25, 0.3) is 11.3 Å². The van der Waals surface area contributed by atoms with E-state index in [0.29, 0.717) is 15.3 Å². The summed E-state index contributed by atoms with van der Waals surface area (Å²) in [7, 11) is 0. The highest BCUT2D eigenvalue weighted by atomic mass is 79.9. The van der Waals surface area contributed by atoms with E-state index < -0.39 is 0 Å². The van der Waals surface area contributed by atoms with Crippen molar-refractivity contribution in [2.45, 2.75) is 25.9 Å². The van der Waals surface area contributed by atoms with Gasteiger partial charge in [-0.2, -0.15) is 0 Å². The van der Waals surface area contributed by atoms with E-state index in [1.54, 1.807) is 12.3 Å². The number of nitrogens with zero attached hydrogens (tertiary/aromatic N) is 2. The summed E-state index contributed by atoms with van der Waals surface area (Å²) in [6.07, 6.45) is 1.78. The minimum atomic E-state index is -0.307. The van der Waals surface area contributed by atoms with Crippen molar-refractivity contribution >= 4 is 38.9 Å². The quantitative estimate of drug-likeness (QED) is 0.291. The molecule has 2 atom stereocenters. The number of anilines is 1. The molecule has 3 heterocycles. The average Bonchev–Trinajstić information content (AvgIpc) is 3.38. The molecule has 1 N–H and O–H groups in total. The number of pyridine rings is 1. The number of aryl methyl sites for hydroxylation is 2. The van der Waals surface area contributed by atoms with Gasteiger partial charge in [-0.3, -0.25) is 4.98 Å². The maximum absolute atomic E-state index is 13.6. The lowest BCUT2D eigenvalue weighted by Crippen LogP contribution is -2.29. The van der Waals surface area contributed by atoms with E-state index >= 15 is 0 Å². The molecule has 2 unspecified atom stereocenters. The Balaban J connectivity index is 1.62. The van der Waals surface area contributed by atoms with Crippen molar-refractivity contribution in [2.24, 2.45) is 0 Å². The normalized spacial score (nSPS) is 17.9. The Morgan fingerprint density at radius 2 is 1.82 bits per heavy atom. The maximum atomic E-state index is 13.6. The van der Waals surface area contributed by atoms with Gasteiger partial charge in [-0.1, -0.05) is 12.1 Å². The Kier molecular flexibility index (Phi) is 5.76. The summed E-state index contributed by atoms with van der Waals surface area (Å²) < 4.78 is 20.6. The summed E-state index contributed by atoms with van der Waals surface area (Å²) in [6.45, 7) is 4.15. The number of halogens is 2. The lowest BCUT2D eigenvalue weighted by atomic mass is 10.0. The second-order valence-electron chi connectivity index (χ2n) is 8.17. The van der Waals surface area contributed by atoms with Crippen LogP contribution in [0.3, 0.4) is 0 Å². The molecule has 0 saturated carbocycles. The highest BCUT2D eigenvalue weighted by Gasteiger charge is 2.42. The fourth-order valence-electron chi connectivity index (χ4n) is 4.36. The molecule has 166 valence electrons. The second kappa shape index (κ2) is 8.72. The Labute approximate surface area is 205 Å². The number of rotatable bonds is 4. The van der Waals surface area contributed by atoms with Crippen molar-refractivity contribution in [2.75, 3.05) is 4.90 Å². The molecule has 1 aliphatic heterocycles. The Morgan fingerprint density at radius 3 is 2.52 bits per heavy atom. The minimum Gasteiger partial charge on any atom is -0.459 e. The van der Waals surface area contributed by atoms with Crippen LogP contribution in [0.4, 0.5) is 10.1 Å². The van der Waals surface area contributed by atoms with Gasteiger partial charge in [-0.05, 0) is 108 Å². The van der Waals surface area contributed by atoms with Crippen molar-refractivity contribution in [3.8, 4) is 11.3 Å². The molecule has 1 saturated heterocycles. The van der Waals surface area contributed by atoms with Gasteiger partial charge in [0.15, 0.2) is 5.11 Å². The van der Waals surface area contributed by atoms with E-state index in [2.05, 4.69) is 63.2 Å². The van der Waals surface area contributed by atoms with Crippen molar-refractivity contribution in [3.05, 3.63) is 106 Å². The third kappa shape index (κ3) is 4.18. The van der Waals surface area contributed by atoms with Crippen LogP contribution >= 0.6 is 28.1 Å². The topological polar surface area (TPSA) is 41.3 Å². The van der Waals surface area contributed by atoms with E-state index in [1.165, 1.54) is 12.1 Å². The molecule has 5 rings (SSSR count). The molecule has 7 heteroatoms. The smallest absolute Gasteiger partial charge is 0.174 e. The number of hydrogen-bond donors (Lipinski definition) is 1. The van der Waals surface area contributed by atoms with E-state index in [-0.39, 0.29) is 17.9 Å². The molecule has 2 aromatic carbocycles. The van der Waals surface area contributed by atoms with Crippen LogP contribution in [0.2, 0.25) is 0 Å². The number of furan rings is 1. The molecule has 0 amide bonds. The summed E-state index contributed by atoms with van der Waals surface area (Å²) in [4.78, 5) is 6.68. The average molecular weight is 522 g/mol. The molecule has 0 bridgehead atoms. The summed E-state index contributed by atoms with van der Waals surface area (Å²) in [5, 5.41) is 4.06. The van der Waals surface area contributed by atoms with Crippen LogP contribution < -0.4 is 10.2 Å². The number of benzene rings is 2. The van der Waals surface area contributed by atoms with E-state index in [4.69, 9.17) is 16.6 Å². The van der Waals surface area contributed by atoms with E-state index in [9.17, 15) is 4.39 Å². The minimum absolute atomic E-state index is 0.199. The predicted octanol–water partition coefficient (Wildman–Crippen LogP) is 7.04. The lowest BCUT2D eigenvalue weighted by Gasteiger charge is -2.26. The van der Waals surface area contributed by atoms with Gasteiger partial charge in [-0.25, -0.2) is 4.39 Å². The molecule has 1 fully saturated rings. The number of aromatic nitrogens is 1. The summed E-state index contributed by atoms with van der Waals surface area (Å²) in [5.74, 6) is 1.08. The molecule has 2 aromatic heterocycles. The third-order valence-corrected chi connectivity index (χ3v) is 6.67. The first-order valence-electron chi connectivity index (χ1n) is 10.5. The summed E-state index contributed by atoms with van der Waals surface area (Å²) in [5.41, 5.74) is 4.96. The van der Waals surface area contributed by atoms with Crippen LogP contribution in [0, 0.1) is 19.7 Å². The number of nitrogens with one attached hydrogen (secondary N) is 1. The standard InChI is InChI=1S/C26H21BrFN3OS/c1-15-11-16(2)13-18(12-15)31-25(24(30-26(31)33)21-5-3-4-10-29-21)23-9-8-22(32-23)19-7-6-17(28)14-20(19)27/h3-14,24-25H,1-2H3,(H,30,33). The maximum Gasteiger partial charge on any atom is 0.174 e. The second-order valence-corrected chi connectivity index (χ2v) is 9.41. The first kappa shape index (κ1) is 21.8. The van der Waals surface area contributed by atoms with Crippen molar-refractivity contribution < 1.29 is 8.81 Å². The van der Waals surface area contributed by atoms with Gasteiger partial charge in [-0.15, -0.1) is 0 Å². The summed E-state index contributed by atoms with van der Waals surface area (Å²) >= 11 is 9.24. The fraction of sp³-hybridized carbons (Fsp3) is 0.154. The molecule has 4 nitrogen and oxygen atoms in total. The van der Waals surface area contributed by atoms with Crippen LogP contribution in [0.15, 0.2) is 81.8 Å². The zero-order chi connectivity index (χ0) is 23.1. The molecule has 0 radical (unpaired) electrons. The van der Waals surface area contributed by atoms with Gasteiger partial charge in [0.05, 0.1) is 11.7 Å². The van der Waals surface area contributed by atoms with Crippen LogP contribution in [0.5, 0.6) is 0 Å². The first-order chi connectivity index (χ1) is 15.9. The Hall–Kier alpha value is -3.03. The molecular formula is C26H21BrFN3OS. The summed E-state index contributed by atoms with van der Waals surface area (Å²) in [6, 6.07) is 20.2. The van der Waals surface area contributed by atoms with Gasteiger partial charge in [0.2, 0.25) is 0 Å². The van der Waals surface area contributed by atoms with Crippen molar-refractivity contribution in [1.29, 1.82) is 0 Å². The van der Waals surface area contributed by atoms with Crippen molar-refractivity contribution in [1.82, 2.24) is 10.3 Å². The van der Waals surface area contributed by atoms with Gasteiger partial charge in [0.25, 0.3) is 0 Å². The third-order valence-electron chi connectivity index (χ3n) is 5.70. The van der Waals surface area contributed by atoms with Crippen LogP contribution in [0.1, 0.15) is 34.7 Å². The first-order valence-corrected chi connectivity index (χ1v) is 11.7. The molecule has 1 aliphatic rings. The largest absolute Gasteiger partial charge is 0.459 e. The van der Waals surface area contributed by atoms with E-state index in [0.717, 1.165) is 33.8 Å². The zero-order valence-corrected chi connectivity index (χ0v) is 20.5. The van der Waals surface area contributed by atoms with Gasteiger partial charge < -0.3 is 14.6 Å². The van der Waals surface area contributed by atoms with Crippen molar-refractivity contribution in [3.63, 3.8) is 0 Å². The molecular weight excluding hydrogens is 501 g/mol. The van der Waals surface area contributed by atoms with Crippen LogP contribution in [-0.4, -0.2) is 10.1 Å². The van der Waals surface area contributed by atoms with Crippen LogP contribution in [-0.2, 0) is 0 Å². The van der Waals surface area contributed by atoms with Gasteiger partial charge in [0, 0.05) is 21.9 Å². The highest BCUT2D eigenvalue weighted by Crippen LogP contribution is 2.43. The monoisotopic (exact) mass is 521 g/mol. The Bertz CT molecular complexity index is 1320. The van der Waals surface area contributed by atoms with E-state index in [1.807, 2.05) is 30.3 Å².